The summed E-state index contributed by atoms with van der Waals surface area (Å²) in [6.45, 7) is 1.77. The van der Waals surface area contributed by atoms with Crippen LogP contribution in [0.5, 0.6) is 0 Å². The van der Waals surface area contributed by atoms with E-state index < -0.39 is 0 Å². The topological polar surface area (TPSA) is 32.3 Å². The van der Waals surface area contributed by atoms with Gasteiger partial charge in [0, 0.05) is 17.3 Å². The molecular formula is C9H13NOS. The van der Waals surface area contributed by atoms with Crippen molar-refractivity contribution in [3.05, 3.63) is 22.4 Å². The highest BCUT2D eigenvalue weighted by Gasteiger charge is 2.24. The van der Waals surface area contributed by atoms with E-state index >= 15 is 0 Å². The summed E-state index contributed by atoms with van der Waals surface area (Å²) in [6.07, 6.45) is 0.860. The number of piperidine rings is 1. The van der Waals surface area contributed by atoms with E-state index in [1.54, 1.807) is 11.3 Å². The van der Waals surface area contributed by atoms with Crippen LogP contribution in [0.1, 0.15) is 17.2 Å². The van der Waals surface area contributed by atoms with Crippen molar-refractivity contribution >= 4 is 11.3 Å². The van der Waals surface area contributed by atoms with Crippen molar-refractivity contribution in [3.8, 4) is 0 Å². The molecule has 12 heavy (non-hydrogen) atoms. The summed E-state index contributed by atoms with van der Waals surface area (Å²) < 4.78 is 0. The van der Waals surface area contributed by atoms with Gasteiger partial charge in [-0.1, -0.05) is 6.07 Å². The molecule has 0 bridgehead atoms. The zero-order chi connectivity index (χ0) is 8.39. The van der Waals surface area contributed by atoms with Crippen molar-refractivity contribution in [2.24, 2.45) is 0 Å². The number of aliphatic hydroxyl groups is 1. The monoisotopic (exact) mass is 183 g/mol. The number of rotatable bonds is 1. The zero-order valence-electron chi connectivity index (χ0n) is 6.86. The fraction of sp³-hybridized carbons (Fsp3) is 0.556. The highest BCUT2D eigenvalue weighted by atomic mass is 32.1. The third kappa shape index (κ3) is 1.53. The molecule has 66 valence electrons. The maximum Gasteiger partial charge on any atom is 0.0741 e. The number of β-amino-alcohol motifs (C(OH)–C–C–N with tert-alkyl or cyclic N) is 1. The average molecular weight is 183 g/mol. The Morgan fingerprint density at radius 2 is 2.50 bits per heavy atom. The molecule has 0 aliphatic carbocycles. The third-order valence-electron chi connectivity index (χ3n) is 2.36. The second-order valence-corrected chi connectivity index (χ2v) is 4.16. The van der Waals surface area contributed by atoms with E-state index in [2.05, 4.69) is 22.8 Å². The first kappa shape index (κ1) is 8.23. The molecule has 2 atom stereocenters. The number of thiophene rings is 1. The SMILES string of the molecule is O[C@H]1CNCC[C@@H]1c1cccs1. The molecule has 1 aromatic rings. The first-order valence-corrected chi connectivity index (χ1v) is 5.18. The van der Waals surface area contributed by atoms with E-state index in [0.29, 0.717) is 5.92 Å². The van der Waals surface area contributed by atoms with E-state index in [-0.39, 0.29) is 6.10 Å². The van der Waals surface area contributed by atoms with Gasteiger partial charge in [-0.15, -0.1) is 11.3 Å². The van der Waals surface area contributed by atoms with Crippen molar-refractivity contribution in [1.29, 1.82) is 0 Å². The lowest BCUT2D eigenvalue weighted by Crippen LogP contribution is -2.38. The van der Waals surface area contributed by atoms with Gasteiger partial charge in [-0.3, -0.25) is 0 Å². The fourth-order valence-corrected chi connectivity index (χ4v) is 2.60. The largest absolute Gasteiger partial charge is 0.391 e. The van der Waals surface area contributed by atoms with Crippen molar-refractivity contribution in [2.45, 2.75) is 18.4 Å². The van der Waals surface area contributed by atoms with Crippen LogP contribution in [0, 0.1) is 0 Å². The summed E-state index contributed by atoms with van der Waals surface area (Å²) in [5.74, 6) is 0.367. The van der Waals surface area contributed by atoms with Crippen LogP contribution in [0.4, 0.5) is 0 Å². The van der Waals surface area contributed by atoms with Crippen molar-refractivity contribution in [3.63, 3.8) is 0 Å². The van der Waals surface area contributed by atoms with Crippen LogP contribution in [-0.2, 0) is 0 Å². The Kier molecular flexibility index (Phi) is 2.44. The summed E-state index contributed by atoms with van der Waals surface area (Å²) in [7, 11) is 0. The van der Waals surface area contributed by atoms with Crippen molar-refractivity contribution < 1.29 is 5.11 Å². The van der Waals surface area contributed by atoms with Crippen LogP contribution < -0.4 is 5.32 Å². The summed E-state index contributed by atoms with van der Waals surface area (Å²) in [5.41, 5.74) is 0. The predicted octanol–water partition coefficient (Wildman–Crippen LogP) is 1.19. The molecule has 1 saturated heterocycles. The van der Waals surface area contributed by atoms with E-state index in [4.69, 9.17) is 0 Å². The molecule has 3 heteroatoms. The Labute approximate surface area is 76.2 Å². The molecule has 2 N–H and O–H groups in total. The number of nitrogens with one attached hydrogen (secondary N) is 1. The molecule has 1 aliphatic rings. The normalized spacial score (nSPS) is 30.4. The Morgan fingerprint density at radius 3 is 3.17 bits per heavy atom. The third-order valence-corrected chi connectivity index (χ3v) is 3.36. The molecule has 1 aromatic heterocycles. The lowest BCUT2D eigenvalue weighted by molar-refractivity contribution is 0.120. The number of hydrogen-bond acceptors (Lipinski definition) is 3. The average Bonchev–Trinajstić information content (AvgIpc) is 2.57. The Morgan fingerprint density at radius 1 is 1.58 bits per heavy atom. The van der Waals surface area contributed by atoms with Gasteiger partial charge in [0.25, 0.3) is 0 Å². The van der Waals surface area contributed by atoms with Crippen LogP contribution in [0.25, 0.3) is 0 Å². The minimum Gasteiger partial charge on any atom is -0.391 e. The number of hydrogen-bond donors (Lipinski definition) is 2. The van der Waals surface area contributed by atoms with Gasteiger partial charge in [0.05, 0.1) is 6.10 Å². The molecule has 2 heterocycles. The smallest absolute Gasteiger partial charge is 0.0741 e. The summed E-state index contributed by atoms with van der Waals surface area (Å²) in [4.78, 5) is 1.32. The van der Waals surface area contributed by atoms with Crippen LogP contribution in [0.15, 0.2) is 17.5 Å². The molecule has 0 amide bonds. The highest BCUT2D eigenvalue weighted by Crippen LogP contribution is 2.28. The highest BCUT2D eigenvalue weighted by molar-refractivity contribution is 7.10. The van der Waals surface area contributed by atoms with Gasteiger partial charge in [-0.2, -0.15) is 0 Å². The molecule has 0 unspecified atom stereocenters. The zero-order valence-corrected chi connectivity index (χ0v) is 7.68. The Hall–Kier alpha value is -0.380. The van der Waals surface area contributed by atoms with Gasteiger partial charge >= 0.3 is 0 Å². The van der Waals surface area contributed by atoms with Gasteiger partial charge in [0.2, 0.25) is 0 Å². The van der Waals surface area contributed by atoms with Gasteiger partial charge in [-0.25, -0.2) is 0 Å². The molecule has 0 spiro atoms. The van der Waals surface area contributed by atoms with Gasteiger partial charge in [0.15, 0.2) is 0 Å². The van der Waals surface area contributed by atoms with Gasteiger partial charge in [-0.05, 0) is 24.4 Å². The van der Waals surface area contributed by atoms with E-state index in [0.717, 1.165) is 19.5 Å². The van der Waals surface area contributed by atoms with Crippen LogP contribution >= 0.6 is 11.3 Å². The van der Waals surface area contributed by atoms with E-state index in [9.17, 15) is 5.11 Å². The second-order valence-electron chi connectivity index (χ2n) is 3.18. The lowest BCUT2D eigenvalue weighted by atomic mass is 9.94. The minimum absolute atomic E-state index is 0.197. The molecule has 2 nitrogen and oxygen atoms in total. The standard InChI is InChI=1S/C9H13NOS/c11-8-6-10-4-3-7(8)9-2-1-5-12-9/h1-2,5,7-8,10-11H,3-4,6H2/t7-,8-/m0/s1. The van der Waals surface area contributed by atoms with Crippen LogP contribution in [0.2, 0.25) is 0 Å². The Bertz CT molecular complexity index is 235. The van der Waals surface area contributed by atoms with Crippen molar-refractivity contribution in [2.75, 3.05) is 13.1 Å². The Balaban J connectivity index is 2.11. The van der Waals surface area contributed by atoms with Crippen LogP contribution in [0.3, 0.4) is 0 Å². The van der Waals surface area contributed by atoms with Crippen molar-refractivity contribution in [1.82, 2.24) is 5.32 Å². The second kappa shape index (κ2) is 3.56. The first-order valence-electron chi connectivity index (χ1n) is 4.30. The summed E-state index contributed by atoms with van der Waals surface area (Å²) in [6, 6.07) is 4.17. The fourth-order valence-electron chi connectivity index (χ4n) is 1.68. The first-order chi connectivity index (χ1) is 5.88. The van der Waals surface area contributed by atoms with Crippen LogP contribution in [-0.4, -0.2) is 24.3 Å². The van der Waals surface area contributed by atoms with Gasteiger partial charge < -0.3 is 10.4 Å². The number of aliphatic hydroxyl groups excluding tert-OH is 1. The molecule has 0 aromatic carbocycles. The minimum atomic E-state index is -0.197. The maximum atomic E-state index is 9.68. The summed E-state index contributed by atoms with van der Waals surface area (Å²) >= 11 is 1.75. The van der Waals surface area contributed by atoms with Gasteiger partial charge in [0.1, 0.15) is 0 Å². The molecular weight excluding hydrogens is 170 g/mol. The van der Waals surface area contributed by atoms with E-state index in [1.807, 2.05) is 0 Å². The molecule has 2 rings (SSSR count). The molecule has 1 fully saturated rings. The maximum absolute atomic E-state index is 9.68. The predicted molar refractivity (Wildman–Crippen MR) is 50.6 cm³/mol. The lowest BCUT2D eigenvalue weighted by Gasteiger charge is -2.27. The molecule has 0 saturated carbocycles. The van der Waals surface area contributed by atoms with E-state index in [1.165, 1.54) is 4.88 Å². The molecule has 1 aliphatic heterocycles. The molecule has 0 radical (unpaired) electrons. The summed E-state index contributed by atoms with van der Waals surface area (Å²) in [5, 5.41) is 14.9. The quantitative estimate of drug-likeness (QED) is 0.685.